The van der Waals surface area contributed by atoms with Crippen molar-refractivity contribution in [2.24, 2.45) is 17.0 Å². The number of carbonyl (C=O) groups excluding carboxylic acids is 1. The van der Waals surface area contributed by atoms with E-state index in [0.29, 0.717) is 40.6 Å². The Bertz CT molecular complexity index is 2490. The van der Waals surface area contributed by atoms with Crippen LogP contribution in [0.5, 0.6) is 0 Å². The van der Waals surface area contributed by atoms with Crippen LogP contribution in [0.1, 0.15) is 78.5 Å². The van der Waals surface area contributed by atoms with Crippen LogP contribution >= 0.6 is 31.9 Å². The summed E-state index contributed by atoms with van der Waals surface area (Å²) in [7, 11) is 0. The van der Waals surface area contributed by atoms with E-state index in [2.05, 4.69) is 112 Å². The Kier molecular flexibility index (Phi) is 20.5. The summed E-state index contributed by atoms with van der Waals surface area (Å²) in [6, 6.07) is 42.9. The van der Waals surface area contributed by atoms with Gasteiger partial charge in [0.15, 0.2) is 0 Å². The third-order valence-electron chi connectivity index (χ3n) is 10.2. The van der Waals surface area contributed by atoms with Gasteiger partial charge in [-0.05, 0) is 89.0 Å². The molecule has 0 aliphatic heterocycles. The summed E-state index contributed by atoms with van der Waals surface area (Å²) in [4.78, 5) is 34.0. The number of halogens is 2. The van der Waals surface area contributed by atoms with Crippen LogP contribution in [0.15, 0.2) is 173 Å². The lowest BCUT2D eigenvalue weighted by Gasteiger charge is -2.23. The minimum Gasteiger partial charge on any atom is -0.383 e. The Morgan fingerprint density at radius 1 is 0.677 bits per heavy atom. The van der Waals surface area contributed by atoms with Gasteiger partial charge in [-0.25, -0.2) is 0 Å². The second kappa shape index (κ2) is 26.0. The second-order valence-electron chi connectivity index (χ2n) is 16.5. The van der Waals surface area contributed by atoms with E-state index in [-0.39, 0.29) is 28.4 Å². The molecule has 2 atom stereocenters. The number of nitrogens with one attached hydrogen (secondary N) is 3. The molecule has 0 aliphatic rings. The highest BCUT2D eigenvalue weighted by Gasteiger charge is 2.25. The monoisotopic (exact) mass is 999 g/mol. The van der Waals surface area contributed by atoms with Crippen molar-refractivity contribution < 1.29 is 9.72 Å². The number of benzene rings is 6. The van der Waals surface area contributed by atoms with Crippen LogP contribution in [-0.2, 0) is 11.2 Å². The molecule has 0 saturated carbocycles. The van der Waals surface area contributed by atoms with Gasteiger partial charge in [0.2, 0.25) is 5.91 Å². The first-order chi connectivity index (χ1) is 31.1. The van der Waals surface area contributed by atoms with Gasteiger partial charge < -0.3 is 16.0 Å². The van der Waals surface area contributed by atoms with E-state index in [1.807, 2.05) is 123 Å². The molecular weight excluding hydrogens is 942 g/mol. The van der Waals surface area contributed by atoms with Gasteiger partial charge in [-0.3, -0.25) is 14.9 Å². The fraction of sp³-hybridized carbons (Fsp3) is 0.241. The number of anilines is 3. The topological polar surface area (TPSA) is 126 Å². The largest absolute Gasteiger partial charge is 0.383 e. The molecule has 0 aliphatic carbocycles. The Morgan fingerprint density at radius 3 is 1.57 bits per heavy atom. The highest BCUT2D eigenvalue weighted by molar-refractivity contribution is 9.10. The molecule has 2 unspecified atom stereocenters. The van der Waals surface area contributed by atoms with E-state index in [4.69, 9.17) is 0 Å². The molecule has 338 valence electrons. The Morgan fingerprint density at radius 2 is 1.12 bits per heavy atom. The molecule has 9 nitrogen and oxygen atoms in total. The maximum Gasteiger partial charge on any atom is 0.293 e. The minimum atomic E-state index is -0.345. The minimum absolute atomic E-state index is 0.00360. The predicted molar refractivity (Wildman–Crippen MR) is 279 cm³/mol. The van der Waals surface area contributed by atoms with E-state index in [9.17, 15) is 19.8 Å². The van der Waals surface area contributed by atoms with Crippen molar-refractivity contribution in [1.82, 2.24) is 0 Å². The molecule has 0 heterocycles. The maximum atomic E-state index is 12.9. The summed E-state index contributed by atoms with van der Waals surface area (Å²) in [5, 5.41) is 24.3. The van der Waals surface area contributed by atoms with Crippen LogP contribution in [0.2, 0.25) is 0 Å². The van der Waals surface area contributed by atoms with Crippen LogP contribution in [-0.4, -0.2) is 23.9 Å². The molecule has 0 spiro atoms. The summed E-state index contributed by atoms with van der Waals surface area (Å²) < 4.78 is 1.60. The van der Waals surface area contributed by atoms with Crippen LogP contribution in [0.3, 0.4) is 0 Å². The maximum absolute atomic E-state index is 12.9. The average molecular weight is 1000 g/mol. The van der Waals surface area contributed by atoms with Crippen molar-refractivity contribution in [3.8, 4) is 0 Å². The van der Waals surface area contributed by atoms with E-state index in [0.717, 1.165) is 55.8 Å². The van der Waals surface area contributed by atoms with Gasteiger partial charge >= 0.3 is 0 Å². The van der Waals surface area contributed by atoms with Crippen molar-refractivity contribution >= 4 is 66.2 Å². The lowest BCUT2D eigenvalue weighted by molar-refractivity contribution is -0.384. The van der Waals surface area contributed by atoms with Gasteiger partial charge in [0.05, 0.1) is 22.7 Å². The summed E-state index contributed by atoms with van der Waals surface area (Å²) in [6.07, 6.45) is 4.10. The fourth-order valence-electron chi connectivity index (χ4n) is 6.87. The number of rotatable bonds is 17. The standard InChI is InChI=1S/C28H31BrN2O.C19H21BrN2O2.C7H7NO/c1-5-24(22-9-7-6-8-10-22)25-16-23(29)17-26(28(25)30-18-19(2)3)31-27(32)15-21-13-11-20(4)12-14-21;1-4-16(14-8-6-5-7-9-14)17-10-15(20)11-18(22(23)24)19(17)21-12-13(2)3;1-6-2-4-7(8-9)5-3-6/h5-14,16-17,19,24,30H,1,15,18H2,2-4H3,(H,31,32);4-11,13,16,21H,1,12H2,2-3H3;2-5H,1H3. The van der Waals surface area contributed by atoms with Gasteiger partial charge in [0.25, 0.3) is 5.69 Å². The molecule has 0 radical (unpaired) electrons. The number of carbonyl (C=O) groups is 1. The van der Waals surface area contributed by atoms with Crippen molar-refractivity contribution in [3.63, 3.8) is 0 Å². The average Bonchev–Trinajstić information content (AvgIpc) is 3.28. The zero-order valence-electron chi connectivity index (χ0n) is 38.0. The molecule has 0 fully saturated rings. The Labute approximate surface area is 401 Å². The third kappa shape index (κ3) is 16.1. The van der Waals surface area contributed by atoms with Crippen molar-refractivity contribution in [1.29, 1.82) is 0 Å². The van der Waals surface area contributed by atoms with E-state index in [1.54, 1.807) is 12.1 Å². The first-order valence-electron chi connectivity index (χ1n) is 21.5. The zero-order chi connectivity index (χ0) is 47.5. The van der Waals surface area contributed by atoms with E-state index in [1.165, 1.54) is 11.6 Å². The van der Waals surface area contributed by atoms with Crippen LogP contribution in [0, 0.1) is 40.7 Å². The Hall–Kier alpha value is -6.17. The fourth-order valence-corrected chi connectivity index (χ4v) is 7.81. The molecule has 1 amide bonds. The van der Waals surface area contributed by atoms with Crippen LogP contribution in [0.4, 0.5) is 28.4 Å². The van der Waals surface area contributed by atoms with E-state index < -0.39 is 0 Å². The second-order valence-corrected chi connectivity index (χ2v) is 18.3. The number of allylic oxidation sites excluding steroid dienone is 2. The van der Waals surface area contributed by atoms with Gasteiger partial charge in [-0.2, -0.15) is 0 Å². The quantitative estimate of drug-likeness (QED) is 0.0362. The SMILES string of the molecule is C=CC(c1ccccc1)c1cc(Br)cc(NC(=O)Cc2ccc(C)cc2)c1NCC(C)C.C=CC(c1ccccc1)c1cc(Br)cc([N+](=O)[O-])c1NCC(C)C.Cc1ccc(N=O)cc1. The predicted octanol–water partition coefficient (Wildman–Crippen LogP) is 15.5. The summed E-state index contributed by atoms with van der Waals surface area (Å²) in [5.74, 6) is 0.662. The molecule has 0 aromatic heterocycles. The lowest BCUT2D eigenvalue weighted by Crippen LogP contribution is -2.18. The number of hydrogen-bond acceptors (Lipinski definition) is 7. The summed E-state index contributed by atoms with van der Waals surface area (Å²) in [6.45, 7) is 22.0. The molecule has 0 bridgehead atoms. The molecule has 6 aromatic carbocycles. The number of nitro benzene ring substituents is 1. The number of nitrogens with zero attached hydrogens (tertiary/aromatic N) is 2. The zero-order valence-corrected chi connectivity index (χ0v) is 41.2. The number of amides is 1. The molecule has 11 heteroatoms. The molecular formula is C54H59Br2N5O4. The van der Waals surface area contributed by atoms with Crippen molar-refractivity contribution in [2.45, 2.75) is 59.8 Å². The third-order valence-corrected chi connectivity index (χ3v) is 11.1. The van der Waals surface area contributed by atoms with Gasteiger partial charge in [-0.1, -0.05) is 180 Å². The van der Waals surface area contributed by atoms with Crippen molar-refractivity contribution in [3.05, 3.63) is 222 Å². The van der Waals surface area contributed by atoms with Crippen molar-refractivity contribution in [2.75, 3.05) is 29.0 Å². The molecule has 65 heavy (non-hydrogen) atoms. The molecule has 3 N–H and O–H groups in total. The molecule has 0 saturated heterocycles. The molecule has 6 aromatic rings. The van der Waals surface area contributed by atoms with Crippen LogP contribution in [0.25, 0.3) is 0 Å². The smallest absolute Gasteiger partial charge is 0.293 e. The number of hydrogen-bond donors (Lipinski definition) is 3. The lowest BCUT2D eigenvalue weighted by atomic mass is 9.89. The highest BCUT2D eigenvalue weighted by atomic mass is 79.9. The summed E-state index contributed by atoms with van der Waals surface area (Å²) in [5.41, 5.74) is 10.3. The van der Waals surface area contributed by atoms with Crippen LogP contribution < -0.4 is 16.0 Å². The van der Waals surface area contributed by atoms with Gasteiger partial charge in [0, 0.05) is 39.9 Å². The number of aryl methyl sites for hydroxylation is 2. The van der Waals surface area contributed by atoms with Gasteiger partial charge in [-0.15, -0.1) is 18.1 Å². The van der Waals surface area contributed by atoms with Gasteiger partial charge in [0.1, 0.15) is 11.4 Å². The normalized spacial score (nSPS) is 11.5. The summed E-state index contributed by atoms with van der Waals surface area (Å²) >= 11 is 7.05. The number of nitroso groups, excluding NO2 is 1. The first kappa shape index (κ1) is 51.5. The number of nitro groups is 1. The molecule has 6 rings (SSSR count). The first-order valence-corrected chi connectivity index (χ1v) is 23.1. The van der Waals surface area contributed by atoms with E-state index >= 15 is 0 Å². The highest BCUT2D eigenvalue weighted by Crippen LogP contribution is 2.41. The Balaban J connectivity index is 0.000000245.